The van der Waals surface area contributed by atoms with Crippen LogP contribution in [-0.2, 0) is 0 Å². The van der Waals surface area contributed by atoms with Gasteiger partial charge in [-0.1, -0.05) is 6.92 Å². The molecule has 0 aliphatic heterocycles. The van der Waals surface area contributed by atoms with Crippen molar-refractivity contribution in [2.24, 2.45) is 0 Å². The first-order valence-corrected chi connectivity index (χ1v) is 5.99. The minimum Gasteiger partial charge on any atom is -0.490 e. The van der Waals surface area contributed by atoms with E-state index in [0.29, 0.717) is 18.2 Å². The molecule has 0 saturated heterocycles. The van der Waals surface area contributed by atoms with Crippen LogP contribution in [0.5, 0.6) is 5.75 Å². The monoisotopic (exact) mass is 261 g/mol. The summed E-state index contributed by atoms with van der Waals surface area (Å²) in [4.78, 5) is 15.0. The third kappa shape index (κ3) is 2.90. The number of carboxylic acids is 1. The fourth-order valence-electron chi connectivity index (χ4n) is 1.64. The summed E-state index contributed by atoms with van der Waals surface area (Å²) in [6.45, 7) is 4.46. The summed E-state index contributed by atoms with van der Waals surface area (Å²) in [6.07, 6.45) is 5.59. The van der Waals surface area contributed by atoms with Gasteiger partial charge in [-0.2, -0.15) is 5.10 Å². The fourth-order valence-corrected chi connectivity index (χ4v) is 1.64. The van der Waals surface area contributed by atoms with Crippen molar-refractivity contribution in [2.45, 2.75) is 20.3 Å². The molecule has 0 radical (unpaired) electrons. The van der Waals surface area contributed by atoms with Gasteiger partial charge in [-0.05, 0) is 25.0 Å². The maximum absolute atomic E-state index is 10.8. The van der Waals surface area contributed by atoms with Gasteiger partial charge in [-0.25, -0.2) is 14.5 Å². The van der Waals surface area contributed by atoms with Gasteiger partial charge in [0, 0.05) is 6.20 Å². The zero-order valence-corrected chi connectivity index (χ0v) is 10.8. The van der Waals surface area contributed by atoms with E-state index in [9.17, 15) is 4.79 Å². The van der Waals surface area contributed by atoms with Crippen LogP contribution in [-0.4, -0.2) is 32.4 Å². The number of aromatic nitrogens is 3. The van der Waals surface area contributed by atoms with Crippen molar-refractivity contribution in [3.63, 3.8) is 0 Å². The molecule has 0 atom stereocenters. The van der Waals surface area contributed by atoms with Crippen molar-refractivity contribution < 1.29 is 14.6 Å². The number of ether oxygens (including phenoxy) is 1. The molecule has 6 nitrogen and oxygen atoms in total. The molecule has 2 heterocycles. The van der Waals surface area contributed by atoms with Crippen molar-refractivity contribution in [1.29, 1.82) is 0 Å². The van der Waals surface area contributed by atoms with Crippen molar-refractivity contribution >= 4 is 5.97 Å². The van der Waals surface area contributed by atoms with E-state index in [-0.39, 0.29) is 5.56 Å². The van der Waals surface area contributed by atoms with Crippen molar-refractivity contribution in [1.82, 2.24) is 14.8 Å². The maximum atomic E-state index is 10.8. The lowest BCUT2D eigenvalue weighted by Crippen LogP contribution is -2.04. The Morgan fingerprint density at radius 3 is 2.89 bits per heavy atom. The van der Waals surface area contributed by atoms with E-state index >= 15 is 0 Å². The number of aryl methyl sites for hydroxylation is 1. The quantitative estimate of drug-likeness (QED) is 0.891. The predicted octanol–water partition coefficient (Wildman–Crippen LogP) is 2.06. The molecule has 0 fully saturated rings. The first-order chi connectivity index (χ1) is 9.11. The minimum atomic E-state index is -0.991. The Labute approximate surface area is 110 Å². The lowest BCUT2D eigenvalue weighted by atomic mass is 10.2. The van der Waals surface area contributed by atoms with Gasteiger partial charge in [0.2, 0.25) is 0 Å². The number of carboxylic acid groups (broad SMARTS) is 1. The molecule has 0 unspecified atom stereocenters. The van der Waals surface area contributed by atoms with Gasteiger partial charge in [-0.3, -0.25) is 0 Å². The molecule has 2 rings (SSSR count). The molecule has 0 amide bonds. The van der Waals surface area contributed by atoms with Gasteiger partial charge in [-0.15, -0.1) is 0 Å². The van der Waals surface area contributed by atoms with E-state index in [1.165, 1.54) is 6.20 Å². The number of rotatable bonds is 5. The van der Waals surface area contributed by atoms with Crippen LogP contribution in [0.3, 0.4) is 0 Å². The number of nitrogens with zero attached hydrogens (tertiary/aromatic N) is 3. The zero-order valence-electron chi connectivity index (χ0n) is 10.8. The van der Waals surface area contributed by atoms with Gasteiger partial charge in [0.05, 0.1) is 24.6 Å². The topological polar surface area (TPSA) is 77.2 Å². The van der Waals surface area contributed by atoms with Gasteiger partial charge in [0.15, 0.2) is 11.6 Å². The molecule has 0 aliphatic rings. The van der Waals surface area contributed by atoms with Gasteiger partial charge >= 0.3 is 5.97 Å². The second kappa shape index (κ2) is 5.51. The largest absolute Gasteiger partial charge is 0.490 e. The van der Waals surface area contributed by atoms with Crippen LogP contribution in [0.25, 0.3) is 5.82 Å². The number of pyridine rings is 1. The van der Waals surface area contributed by atoms with E-state index in [1.807, 2.05) is 6.92 Å². The molecule has 0 aromatic carbocycles. The SMILES string of the molecule is CCCOc1cnn(-c2ncc(C(=O)O)cc2C)c1. The fraction of sp³-hybridized carbons (Fsp3) is 0.308. The molecular weight excluding hydrogens is 246 g/mol. The van der Waals surface area contributed by atoms with Gasteiger partial charge in [0.25, 0.3) is 0 Å². The highest BCUT2D eigenvalue weighted by Gasteiger charge is 2.10. The second-order valence-electron chi connectivity index (χ2n) is 4.14. The predicted molar refractivity (Wildman–Crippen MR) is 68.8 cm³/mol. The molecule has 0 saturated carbocycles. The Hall–Kier alpha value is -2.37. The average Bonchev–Trinajstić information content (AvgIpc) is 2.84. The van der Waals surface area contributed by atoms with Crippen LogP contribution in [0.4, 0.5) is 0 Å². The van der Waals surface area contributed by atoms with Crippen molar-refractivity contribution in [3.05, 3.63) is 35.8 Å². The summed E-state index contributed by atoms with van der Waals surface area (Å²) < 4.78 is 7.03. The number of carbonyl (C=O) groups is 1. The van der Waals surface area contributed by atoms with Crippen LogP contribution >= 0.6 is 0 Å². The number of hydrogen-bond acceptors (Lipinski definition) is 4. The summed E-state index contributed by atoms with van der Waals surface area (Å²) in [5.41, 5.74) is 0.904. The zero-order chi connectivity index (χ0) is 13.8. The molecular formula is C13H15N3O3. The van der Waals surface area contributed by atoms with E-state index in [0.717, 1.165) is 12.0 Å². The molecule has 0 spiro atoms. The van der Waals surface area contributed by atoms with E-state index in [1.54, 1.807) is 30.1 Å². The Morgan fingerprint density at radius 2 is 2.26 bits per heavy atom. The van der Waals surface area contributed by atoms with Gasteiger partial charge < -0.3 is 9.84 Å². The second-order valence-corrected chi connectivity index (χ2v) is 4.14. The van der Waals surface area contributed by atoms with E-state index in [4.69, 9.17) is 9.84 Å². The molecule has 6 heteroatoms. The Kier molecular flexibility index (Phi) is 3.79. The summed E-state index contributed by atoms with van der Waals surface area (Å²) in [6, 6.07) is 1.57. The molecule has 2 aromatic rings. The highest BCUT2D eigenvalue weighted by atomic mass is 16.5. The Morgan fingerprint density at radius 1 is 1.47 bits per heavy atom. The molecule has 0 aliphatic carbocycles. The van der Waals surface area contributed by atoms with Crippen molar-refractivity contribution in [2.75, 3.05) is 6.61 Å². The maximum Gasteiger partial charge on any atom is 0.337 e. The lowest BCUT2D eigenvalue weighted by Gasteiger charge is -2.05. The first kappa shape index (κ1) is 13.1. The van der Waals surface area contributed by atoms with Crippen molar-refractivity contribution in [3.8, 4) is 11.6 Å². The van der Waals surface area contributed by atoms with Gasteiger partial charge in [0.1, 0.15) is 0 Å². The summed E-state index contributed by atoms with van der Waals surface area (Å²) in [5.74, 6) is 0.274. The Bertz CT molecular complexity index is 593. The van der Waals surface area contributed by atoms with Crippen LogP contribution in [0.1, 0.15) is 29.3 Å². The third-order valence-corrected chi connectivity index (χ3v) is 2.55. The smallest absolute Gasteiger partial charge is 0.337 e. The highest BCUT2D eigenvalue weighted by Crippen LogP contribution is 2.16. The van der Waals surface area contributed by atoms with E-state index < -0.39 is 5.97 Å². The van der Waals surface area contributed by atoms with Crippen LogP contribution < -0.4 is 4.74 Å². The summed E-state index contributed by atoms with van der Waals surface area (Å²) in [7, 11) is 0. The normalized spacial score (nSPS) is 10.4. The highest BCUT2D eigenvalue weighted by molar-refractivity contribution is 5.87. The molecule has 2 aromatic heterocycles. The summed E-state index contributed by atoms with van der Waals surface area (Å²) in [5, 5.41) is 13.0. The number of hydrogen-bond donors (Lipinski definition) is 1. The molecule has 100 valence electrons. The van der Waals surface area contributed by atoms with Crippen LogP contribution in [0.2, 0.25) is 0 Å². The lowest BCUT2D eigenvalue weighted by molar-refractivity contribution is 0.0696. The Balaban J connectivity index is 2.26. The molecule has 0 bridgehead atoms. The summed E-state index contributed by atoms with van der Waals surface area (Å²) >= 11 is 0. The first-order valence-electron chi connectivity index (χ1n) is 5.99. The number of aromatic carboxylic acids is 1. The molecule has 19 heavy (non-hydrogen) atoms. The minimum absolute atomic E-state index is 0.163. The standard InChI is InChI=1S/C13H15N3O3/c1-3-4-19-11-7-15-16(8-11)12-9(2)5-10(6-14-12)13(17)18/h5-8H,3-4H2,1-2H3,(H,17,18). The third-order valence-electron chi connectivity index (χ3n) is 2.55. The van der Waals surface area contributed by atoms with Crippen LogP contribution in [0.15, 0.2) is 24.7 Å². The average molecular weight is 261 g/mol. The molecule has 1 N–H and O–H groups in total. The van der Waals surface area contributed by atoms with E-state index in [2.05, 4.69) is 10.1 Å². The van der Waals surface area contributed by atoms with Crippen LogP contribution in [0, 0.1) is 6.92 Å².